The first-order chi connectivity index (χ1) is 3.46. The number of carboxylic acids is 2. The Kier molecular flexibility index (Phi) is 36.5. The summed E-state index contributed by atoms with van der Waals surface area (Å²) in [6, 6.07) is 0. The Bertz CT molecular complexity index is 80.1. The minimum Gasteiger partial charge on any atom is -1.00 e. The van der Waals surface area contributed by atoms with Crippen LogP contribution in [0.15, 0.2) is 0 Å². The summed E-state index contributed by atoms with van der Waals surface area (Å²) in [4.78, 5) is 18.0. The van der Waals surface area contributed by atoms with Crippen LogP contribution in [0.2, 0.25) is 0 Å². The van der Waals surface area contributed by atoms with Crippen molar-refractivity contribution in [2.45, 2.75) is 13.8 Å². The number of aliphatic carboxylic acids is 2. The van der Waals surface area contributed by atoms with Gasteiger partial charge in [0.05, 0.1) is 0 Å². The van der Waals surface area contributed by atoms with Crippen molar-refractivity contribution in [3.8, 4) is 0 Å². The molecular weight excluding hydrogens is 200 g/mol. The van der Waals surface area contributed by atoms with Gasteiger partial charge in [0.15, 0.2) is 0 Å². The van der Waals surface area contributed by atoms with Crippen molar-refractivity contribution in [2.75, 3.05) is 0 Å². The van der Waals surface area contributed by atoms with Gasteiger partial charge in [0, 0.05) is 33.3 Å². The van der Waals surface area contributed by atoms with Crippen molar-refractivity contribution in [2.24, 2.45) is 0 Å². The van der Waals surface area contributed by atoms with E-state index in [1.54, 1.807) is 0 Å². The average molecular weight is 209 g/mol. The Hall–Kier alpha value is 0.563. The number of hydrogen-bond donors (Lipinski definition) is 2. The topological polar surface area (TPSA) is 74.6 Å². The molecule has 0 aromatic rings. The van der Waals surface area contributed by atoms with Crippen LogP contribution < -0.4 is 29.6 Å². The molecule has 2 N–H and O–H groups in total. The van der Waals surface area contributed by atoms with Gasteiger partial charge in [-0.25, -0.2) is 0 Å². The third-order valence-electron chi connectivity index (χ3n) is 0. The van der Waals surface area contributed by atoms with Gasteiger partial charge in [0.2, 0.25) is 0 Å². The summed E-state index contributed by atoms with van der Waals surface area (Å²) in [5.41, 5.74) is 0. The minimum atomic E-state index is -0.833. The number of rotatable bonds is 0. The van der Waals surface area contributed by atoms with Gasteiger partial charge in [-0.15, -0.1) is 0 Å². The molecule has 4 nitrogen and oxygen atoms in total. The molecule has 6 heteroatoms. The van der Waals surface area contributed by atoms with Crippen molar-refractivity contribution in [1.82, 2.24) is 0 Å². The van der Waals surface area contributed by atoms with Crippen LogP contribution in [0.25, 0.3) is 0 Å². The monoisotopic (exact) mass is 208 g/mol. The van der Waals surface area contributed by atoms with Gasteiger partial charge in [-0.2, -0.15) is 0 Å². The van der Waals surface area contributed by atoms with E-state index in [1.165, 1.54) is 0 Å². The molecule has 0 radical (unpaired) electrons. The fraction of sp³-hybridized carbons (Fsp3) is 0.500. The first kappa shape index (κ1) is 22.4. The largest absolute Gasteiger partial charge is 1.00 e. The zero-order chi connectivity index (χ0) is 7.15. The summed E-state index contributed by atoms with van der Waals surface area (Å²) in [7, 11) is 0. The molecule has 52 valence electrons. The van der Waals surface area contributed by atoms with Crippen LogP contribution in [0.5, 0.6) is 0 Å². The maximum absolute atomic E-state index is 9.00. The molecule has 0 heterocycles. The van der Waals surface area contributed by atoms with Gasteiger partial charge < -0.3 is 11.6 Å². The van der Waals surface area contributed by atoms with Crippen LogP contribution in [0.1, 0.15) is 15.3 Å². The molecule has 0 fully saturated rings. The molecule has 0 spiro atoms. The maximum atomic E-state index is 9.00. The normalized spacial score (nSPS) is 5.00. The zero-order valence-corrected chi connectivity index (χ0v) is 11.4. The van der Waals surface area contributed by atoms with Gasteiger partial charge in [-0.05, 0) is 0 Å². The molecule has 0 aromatic heterocycles. The molecule has 0 saturated heterocycles. The Morgan fingerprint density at radius 2 is 1.10 bits per heavy atom. The number of carbonyl (C=O) groups is 2. The summed E-state index contributed by atoms with van der Waals surface area (Å²) < 4.78 is 0. The van der Waals surface area contributed by atoms with Crippen LogP contribution >= 0.6 is 0 Å². The molecule has 0 aliphatic carbocycles. The fourth-order valence-corrected chi connectivity index (χ4v) is 0. The Labute approximate surface area is 95.5 Å². The predicted molar refractivity (Wildman–Crippen MR) is 27.7 cm³/mol. The van der Waals surface area contributed by atoms with Crippen LogP contribution in [0.3, 0.4) is 0 Å². The van der Waals surface area contributed by atoms with Crippen molar-refractivity contribution in [3.05, 3.63) is 0 Å². The van der Waals surface area contributed by atoms with E-state index < -0.39 is 11.9 Å². The Balaban J connectivity index is -0.0000000171. The predicted octanol–water partition coefficient (Wildman–Crippen LogP) is -2.70. The van der Waals surface area contributed by atoms with Crippen molar-refractivity contribution < 1.29 is 70.3 Å². The van der Waals surface area contributed by atoms with Crippen LogP contribution in [-0.2, 0) is 29.1 Å². The second-order valence-electron chi connectivity index (χ2n) is 1.04. The van der Waals surface area contributed by atoms with E-state index in [0.29, 0.717) is 0 Å². The standard InChI is InChI=1S/2C2H4O2.Na.Zn.H/c2*1-2(3)4;;;/h2*1H3,(H,3,4);;;/q;;+1;;-1. The van der Waals surface area contributed by atoms with Gasteiger partial charge in [-0.3, -0.25) is 9.59 Å². The second-order valence-corrected chi connectivity index (χ2v) is 1.04. The molecular formula is C4H9NaO4Zn. The average Bonchev–Trinajstić information content (AvgIpc) is 1.25. The number of carboxylic acid groups (broad SMARTS) is 2. The van der Waals surface area contributed by atoms with Gasteiger partial charge in [0.1, 0.15) is 0 Å². The second kappa shape index (κ2) is 16.3. The van der Waals surface area contributed by atoms with E-state index in [0.717, 1.165) is 13.8 Å². The smallest absolute Gasteiger partial charge is 1.00 e. The van der Waals surface area contributed by atoms with Crippen molar-refractivity contribution in [1.29, 1.82) is 0 Å². The van der Waals surface area contributed by atoms with E-state index in [4.69, 9.17) is 19.8 Å². The van der Waals surface area contributed by atoms with E-state index in [9.17, 15) is 0 Å². The molecule has 0 rings (SSSR count). The molecule has 0 aromatic carbocycles. The molecule has 0 saturated carbocycles. The summed E-state index contributed by atoms with van der Waals surface area (Å²) in [6.45, 7) is 2.17. The minimum absolute atomic E-state index is 0. The van der Waals surface area contributed by atoms with Crippen LogP contribution in [0.4, 0.5) is 0 Å². The zero-order valence-electron chi connectivity index (χ0n) is 7.42. The van der Waals surface area contributed by atoms with Crippen LogP contribution in [-0.4, -0.2) is 22.2 Å². The quantitative estimate of drug-likeness (QED) is 0.426. The maximum Gasteiger partial charge on any atom is 1.00 e. The summed E-state index contributed by atoms with van der Waals surface area (Å²) in [6.07, 6.45) is 0. The third-order valence-corrected chi connectivity index (χ3v) is 0. The number of hydrogen-bond acceptors (Lipinski definition) is 2. The first-order valence-electron chi connectivity index (χ1n) is 1.86. The summed E-state index contributed by atoms with van der Waals surface area (Å²) in [5, 5.41) is 14.8. The molecule has 0 aliphatic heterocycles. The van der Waals surface area contributed by atoms with Gasteiger partial charge in [0.25, 0.3) is 11.9 Å². The van der Waals surface area contributed by atoms with E-state index in [2.05, 4.69) is 0 Å². The molecule has 0 atom stereocenters. The summed E-state index contributed by atoms with van der Waals surface area (Å²) in [5.74, 6) is -1.67. The fourth-order valence-electron chi connectivity index (χ4n) is 0. The Morgan fingerprint density at radius 1 is 1.10 bits per heavy atom. The molecule has 0 amide bonds. The molecule has 0 unspecified atom stereocenters. The van der Waals surface area contributed by atoms with Gasteiger partial charge >= 0.3 is 29.6 Å². The third kappa shape index (κ3) is 1540. The van der Waals surface area contributed by atoms with E-state index >= 15 is 0 Å². The van der Waals surface area contributed by atoms with Crippen molar-refractivity contribution in [3.63, 3.8) is 0 Å². The molecule has 10 heavy (non-hydrogen) atoms. The molecule has 0 bridgehead atoms. The van der Waals surface area contributed by atoms with Gasteiger partial charge in [-0.1, -0.05) is 0 Å². The Morgan fingerprint density at radius 3 is 1.10 bits per heavy atom. The van der Waals surface area contributed by atoms with E-state index in [-0.39, 0.29) is 50.5 Å². The van der Waals surface area contributed by atoms with Crippen LogP contribution in [0, 0.1) is 0 Å². The molecule has 0 aliphatic rings. The van der Waals surface area contributed by atoms with Crippen molar-refractivity contribution >= 4 is 11.9 Å². The summed E-state index contributed by atoms with van der Waals surface area (Å²) >= 11 is 0. The van der Waals surface area contributed by atoms with E-state index in [1.807, 2.05) is 0 Å². The SMILES string of the molecule is CC(=O)O.CC(=O)O.[H-].[Na+].[Zn]. The first-order valence-corrected chi connectivity index (χ1v) is 1.86.